The van der Waals surface area contributed by atoms with Gasteiger partial charge in [-0.1, -0.05) is 6.92 Å². The van der Waals surface area contributed by atoms with E-state index >= 15 is 0 Å². The van der Waals surface area contributed by atoms with Crippen molar-refractivity contribution in [3.63, 3.8) is 0 Å². The molecule has 3 heteroatoms. The van der Waals surface area contributed by atoms with Crippen LogP contribution in [0, 0.1) is 11.3 Å². The van der Waals surface area contributed by atoms with E-state index in [1.165, 1.54) is 6.42 Å². The Bertz CT molecular complexity index is 306. The number of ketones is 1. The van der Waals surface area contributed by atoms with Gasteiger partial charge in [0.25, 0.3) is 0 Å². The van der Waals surface area contributed by atoms with E-state index in [0.717, 1.165) is 32.1 Å². The summed E-state index contributed by atoms with van der Waals surface area (Å²) in [6.07, 6.45) is 5.86. The fourth-order valence-corrected chi connectivity index (χ4v) is 3.71. The molecule has 1 aliphatic heterocycles. The molecule has 0 aromatic carbocycles. The van der Waals surface area contributed by atoms with Gasteiger partial charge in [0, 0.05) is 25.2 Å². The first-order valence-electron chi connectivity index (χ1n) is 6.44. The summed E-state index contributed by atoms with van der Waals surface area (Å²) >= 11 is 0. The molecule has 2 saturated carbocycles. The Kier molecular flexibility index (Phi) is 2.37. The molecule has 3 nitrogen and oxygen atoms in total. The van der Waals surface area contributed by atoms with Crippen molar-refractivity contribution in [3.05, 3.63) is 0 Å². The average Bonchev–Trinajstić information content (AvgIpc) is 2.70. The number of Topliss-reactive ketones (excluding diaryl/α,β-unsaturated/α-hetero) is 1. The largest absolute Gasteiger partial charge is 0.348 e. The van der Waals surface area contributed by atoms with Gasteiger partial charge >= 0.3 is 0 Å². The highest BCUT2D eigenvalue weighted by Crippen LogP contribution is 2.53. The van der Waals surface area contributed by atoms with Crippen LogP contribution in [0.15, 0.2) is 0 Å². The Morgan fingerprint density at radius 3 is 2.69 bits per heavy atom. The SMILES string of the molecule is C[C@]12CCCC(=O)[C@@H]1CC1(CC2)OCCO1. The molecule has 0 radical (unpaired) electrons. The van der Waals surface area contributed by atoms with Crippen LogP contribution in [0.5, 0.6) is 0 Å². The number of hydrogen-bond donors (Lipinski definition) is 0. The number of rotatable bonds is 0. The molecular weight excluding hydrogens is 204 g/mol. The molecule has 0 aromatic rings. The minimum absolute atomic E-state index is 0.174. The maximum Gasteiger partial charge on any atom is 0.169 e. The molecule has 0 aromatic heterocycles. The van der Waals surface area contributed by atoms with Gasteiger partial charge in [0.05, 0.1) is 13.2 Å². The van der Waals surface area contributed by atoms with Crippen LogP contribution >= 0.6 is 0 Å². The predicted molar refractivity (Wildman–Crippen MR) is 58.9 cm³/mol. The van der Waals surface area contributed by atoms with Gasteiger partial charge in [0.1, 0.15) is 5.78 Å². The molecule has 0 bridgehead atoms. The molecule has 1 heterocycles. The Morgan fingerprint density at radius 1 is 1.19 bits per heavy atom. The van der Waals surface area contributed by atoms with Crippen molar-refractivity contribution in [1.29, 1.82) is 0 Å². The molecule has 90 valence electrons. The maximum absolute atomic E-state index is 12.1. The first-order valence-corrected chi connectivity index (χ1v) is 6.44. The lowest BCUT2D eigenvalue weighted by Crippen LogP contribution is -2.49. The predicted octanol–water partition coefficient (Wildman–Crippen LogP) is 2.29. The zero-order chi connectivity index (χ0) is 11.2. The molecule has 1 spiro atoms. The van der Waals surface area contributed by atoms with Crippen molar-refractivity contribution in [2.45, 2.75) is 51.2 Å². The van der Waals surface area contributed by atoms with Crippen LogP contribution in [0.25, 0.3) is 0 Å². The minimum atomic E-state index is -0.406. The van der Waals surface area contributed by atoms with E-state index in [9.17, 15) is 4.79 Å². The Morgan fingerprint density at radius 2 is 1.94 bits per heavy atom. The summed E-state index contributed by atoms with van der Waals surface area (Å²) in [5.41, 5.74) is 0.218. The summed E-state index contributed by atoms with van der Waals surface area (Å²) < 4.78 is 11.5. The number of hydrogen-bond acceptors (Lipinski definition) is 3. The Labute approximate surface area is 96.5 Å². The monoisotopic (exact) mass is 224 g/mol. The highest BCUT2D eigenvalue weighted by molar-refractivity contribution is 5.82. The molecule has 2 atom stereocenters. The van der Waals surface area contributed by atoms with Crippen molar-refractivity contribution < 1.29 is 14.3 Å². The van der Waals surface area contributed by atoms with E-state index in [1.807, 2.05) is 0 Å². The van der Waals surface area contributed by atoms with Gasteiger partial charge in [0.15, 0.2) is 5.79 Å². The third-order valence-electron chi connectivity index (χ3n) is 4.81. The van der Waals surface area contributed by atoms with Gasteiger partial charge in [-0.3, -0.25) is 4.79 Å². The molecule has 3 aliphatic rings. The van der Waals surface area contributed by atoms with Crippen molar-refractivity contribution in [3.8, 4) is 0 Å². The van der Waals surface area contributed by atoms with Gasteiger partial charge in [-0.25, -0.2) is 0 Å². The second-order valence-corrected chi connectivity index (χ2v) is 5.84. The highest BCUT2D eigenvalue weighted by atomic mass is 16.7. The molecule has 0 unspecified atom stereocenters. The maximum atomic E-state index is 12.1. The summed E-state index contributed by atoms with van der Waals surface area (Å²) in [5.74, 6) is 0.206. The average molecular weight is 224 g/mol. The van der Waals surface area contributed by atoms with Crippen molar-refractivity contribution in [1.82, 2.24) is 0 Å². The van der Waals surface area contributed by atoms with Crippen molar-refractivity contribution in [2.24, 2.45) is 11.3 Å². The van der Waals surface area contributed by atoms with E-state index in [-0.39, 0.29) is 11.3 Å². The molecule has 2 aliphatic carbocycles. The van der Waals surface area contributed by atoms with E-state index in [1.54, 1.807) is 0 Å². The lowest BCUT2D eigenvalue weighted by atomic mass is 9.59. The van der Waals surface area contributed by atoms with E-state index < -0.39 is 5.79 Å². The van der Waals surface area contributed by atoms with Gasteiger partial charge in [-0.2, -0.15) is 0 Å². The standard InChI is InChI=1S/C13H20O3/c1-12-4-2-3-11(14)10(12)9-13(6-5-12)15-7-8-16-13/h10H,2-9H2,1H3/t10-,12+/m0/s1. The lowest BCUT2D eigenvalue weighted by Gasteiger charge is -2.49. The van der Waals surface area contributed by atoms with Crippen LogP contribution in [0.2, 0.25) is 0 Å². The highest BCUT2D eigenvalue weighted by Gasteiger charge is 2.53. The lowest BCUT2D eigenvalue weighted by molar-refractivity contribution is -0.209. The minimum Gasteiger partial charge on any atom is -0.348 e. The third-order valence-corrected chi connectivity index (χ3v) is 4.81. The molecule has 3 rings (SSSR count). The van der Waals surface area contributed by atoms with Crippen molar-refractivity contribution >= 4 is 5.78 Å². The van der Waals surface area contributed by atoms with Crippen LogP contribution in [0.1, 0.15) is 45.4 Å². The molecule has 0 N–H and O–H groups in total. The number of carbonyl (C=O) groups is 1. The van der Waals surface area contributed by atoms with Crippen LogP contribution < -0.4 is 0 Å². The second-order valence-electron chi connectivity index (χ2n) is 5.84. The van der Waals surface area contributed by atoms with E-state index in [0.29, 0.717) is 19.0 Å². The third kappa shape index (κ3) is 1.52. The first kappa shape index (κ1) is 10.7. The second kappa shape index (κ2) is 3.54. The summed E-state index contributed by atoms with van der Waals surface area (Å²) in [7, 11) is 0. The van der Waals surface area contributed by atoms with Gasteiger partial charge in [0.2, 0.25) is 0 Å². The summed E-state index contributed by atoms with van der Waals surface area (Å²) in [5, 5.41) is 0. The molecule has 1 saturated heterocycles. The zero-order valence-electron chi connectivity index (χ0n) is 9.96. The fourth-order valence-electron chi connectivity index (χ4n) is 3.71. The summed E-state index contributed by atoms with van der Waals surface area (Å²) in [6.45, 7) is 3.66. The molecular formula is C13H20O3. The van der Waals surface area contributed by atoms with Crippen LogP contribution in [-0.2, 0) is 14.3 Å². The van der Waals surface area contributed by atoms with Crippen LogP contribution in [0.3, 0.4) is 0 Å². The Balaban J connectivity index is 1.83. The van der Waals surface area contributed by atoms with Gasteiger partial charge < -0.3 is 9.47 Å². The van der Waals surface area contributed by atoms with Crippen molar-refractivity contribution in [2.75, 3.05) is 13.2 Å². The smallest absolute Gasteiger partial charge is 0.169 e. The van der Waals surface area contributed by atoms with Gasteiger partial charge in [-0.05, 0) is 24.7 Å². The number of carbonyl (C=O) groups excluding carboxylic acids is 1. The first-order chi connectivity index (χ1) is 7.64. The number of ether oxygens (including phenoxy) is 2. The van der Waals surface area contributed by atoms with Crippen LogP contribution in [-0.4, -0.2) is 24.8 Å². The fraction of sp³-hybridized carbons (Fsp3) is 0.923. The van der Waals surface area contributed by atoms with Crippen LogP contribution in [0.4, 0.5) is 0 Å². The topological polar surface area (TPSA) is 35.5 Å². The molecule has 0 amide bonds. The zero-order valence-corrected chi connectivity index (χ0v) is 9.96. The van der Waals surface area contributed by atoms with E-state index in [2.05, 4.69) is 6.92 Å². The summed E-state index contributed by atoms with van der Waals surface area (Å²) in [4.78, 5) is 12.1. The normalized spacial score (nSPS) is 42.3. The molecule has 3 fully saturated rings. The number of fused-ring (bicyclic) bond motifs is 1. The summed E-state index contributed by atoms with van der Waals surface area (Å²) in [6, 6.07) is 0. The van der Waals surface area contributed by atoms with Gasteiger partial charge in [-0.15, -0.1) is 0 Å². The van der Waals surface area contributed by atoms with E-state index in [4.69, 9.17) is 9.47 Å². The quantitative estimate of drug-likeness (QED) is 0.633. The Hall–Kier alpha value is -0.410. The molecule has 16 heavy (non-hydrogen) atoms.